The fourth-order valence-electron chi connectivity index (χ4n) is 4.66. The van der Waals surface area contributed by atoms with Gasteiger partial charge in [-0.25, -0.2) is 9.79 Å². The zero-order valence-electron chi connectivity index (χ0n) is 22.6. The molecule has 0 spiro atoms. The first kappa shape index (κ1) is 27.2. The van der Waals surface area contributed by atoms with Crippen LogP contribution in [0.4, 0.5) is 5.69 Å². The average molecular weight is 536 g/mol. The molecule has 0 N–H and O–H groups in total. The van der Waals surface area contributed by atoms with Gasteiger partial charge in [-0.2, -0.15) is 0 Å². The van der Waals surface area contributed by atoms with Gasteiger partial charge in [0.05, 0.1) is 36.6 Å². The van der Waals surface area contributed by atoms with Crippen LogP contribution in [0.25, 0.3) is 6.08 Å². The molecule has 0 saturated heterocycles. The van der Waals surface area contributed by atoms with Gasteiger partial charge < -0.3 is 19.1 Å². The van der Waals surface area contributed by atoms with Gasteiger partial charge >= 0.3 is 5.97 Å². The van der Waals surface area contributed by atoms with Gasteiger partial charge in [0.1, 0.15) is 17.5 Å². The van der Waals surface area contributed by atoms with Gasteiger partial charge in [0.15, 0.2) is 4.80 Å². The molecule has 1 atom stereocenters. The van der Waals surface area contributed by atoms with Crippen molar-refractivity contribution in [1.82, 2.24) is 4.57 Å². The molecule has 0 saturated carbocycles. The van der Waals surface area contributed by atoms with E-state index in [4.69, 9.17) is 14.2 Å². The molecular formula is C29H33N3O5S. The van der Waals surface area contributed by atoms with E-state index in [2.05, 4.69) is 35.9 Å². The highest BCUT2D eigenvalue weighted by Gasteiger charge is 2.35. The summed E-state index contributed by atoms with van der Waals surface area (Å²) in [7, 11) is 3.12. The number of rotatable bonds is 9. The van der Waals surface area contributed by atoms with E-state index in [1.54, 1.807) is 50.8 Å². The minimum atomic E-state index is -0.789. The van der Waals surface area contributed by atoms with Crippen LogP contribution < -0.4 is 29.3 Å². The van der Waals surface area contributed by atoms with Crippen LogP contribution >= 0.6 is 11.3 Å². The average Bonchev–Trinajstić information content (AvgIpc) is 3.23. The van der Waals surface area contributed by atoms with Crippen molar-refractivity contribution in [2.24, 2.45) is 4.99 Å². The Balaban J connectivity index is 1.92. The Kier molecular flexibility index (Phi) is 8.36. The molecule has 9 heteroatoms. The minimum absolute atomic E-state index is 0.200. The number of hydrogen-bond donors (Lipinski definition) is 0. The van der Waals surface area contributed by atoms with Gasteiger partial charge in [-0.15, -0.1) is 0 Å². The Morgan fingerprint density at radius 1 is 1.08 bits per heavy atom. The molecule has 0 radical (unpaired) electrons. The molecular weight excluding hydrogens is 502 g/mol. The normalized spacial score (nSPS) is 15.1. The minimum Gasteiger partial charge on any atom is -0.497 e. The predicted molar refractivity (Wildman–Crippen MR) is 150 cm³/mol. The molecule has 0 aliphatic carbocycles. The van der Waals surface area contributed by atoms with Crippen LogP contribution in [0.15, 0.2) is 63.5 Å². The second-order valence-corrected chi connectivity index (χ2v) is 9.68. The van der Waals surface area contributed by atoms with Gasteiger partial charge in [0.2, 0.25) is 0 Å². The fourth-order valence-corrected chi connectivity index (χ4v) is 5.71. The molecule has 2 heterocycles. The van der Waals surface area contributed by atoms with Crippen molar-refractivity contribution in [2.75, 3.05) is 38.8 Å². The Hall–Kier alpha value is -3.85. The number of anilines is 1. The SMILES string of the molecule is CCOC(=O)C1=C(C)N=c2s/c(=C\c3ccc(N(CC)CC)cc3)c(=O)n2C1c1cc(OC)ccc1OC. The van der Waals surface area contributed by atoms with Crippen LogP contribution in [-0.4, -0.2) is 44.5 Å². The third-order valence-electron chi connectivity index (χ3n) is 6.57. The van der Waals surface area contributed by atoms with E-state index >= 15 is 0 Å². The first-order valence-corrected chi connectivity index (χ1v) is 13.4. The van der Waals surface area contributed by atoms with Crippen molar-refractivity contribution in [3.63, 3.8) is 0 Å². The summed E-state index contributed by atoms with van der Waals surface area (Å²) >= 11 is 1.29. The number of esters is 1. The number of carbonyl (C=O) groups excluding carboxylic acids is 1. The Labute approximate surface area is 226 Å². The van der Waals surface area contributed by atoms with Crippen LogP contribution in [0.3, 0.4) is 0 Å². The largest absolute Gasteiger partial charge is 0.497 e. The summed E-state index contributed by atoms with van der Waals surface area (Å²) in [6.07, 6.45) is 1.86. The lowest BCUT2D eigenvalue weighted by Crippen LogP contribution is -2.40. The molecule has 1 unspecified atom stereocenters. The zero-order chi connectivity index (χ0) is 27.4. The molecule has 200 valence electrons. The maximum absolute atomic E-state index is 13.9. The number of benzene rings is 2. The predicted octanol–water partition coefficient (Wildman–Crippen LogP) is 3.66. The lowest BCUT2D eigenvalue weighted by atomic mass is 9.94. The lowest BCUT2D eigenvalue weighted by Gasteiger charge is -2.26. The molecule has 1 aromatic heterocycles. The number of nitrogens with zero attached hydrogens (tertiary/aromatic N) is 3. The summed E-state index contributed by atoms with van der Waals surface area (Å²) in [6.45, 7) is 9.79. The van der Waals surface area contributed by atoms with E-state index in [-0.39, 0.29) is 12.2 Å². The Bertz CT molecular complexity index is 1530. The standard InChI is InChI=1S/C29H33N3O5S/c1-7-31(8-2)20-12-10-19(11-13-20)16-24-27(33)32-26(22-17-21(35-5)14-15-23(22)36-6)25(28(34)37-9-3)18(4)30-29(32)38-24/h10-17,26H,7-9H2,1-6H3/b24-16-. The number of hydrogen-bond acceptors (Lipinski definition) is 8. The molecule has 38 heavy (non-hydrogen) atoms. The van der Waals surface area contributed by atoms with Crippen LogP contribution in [0, 0.1) is 0 Å². The number of fused-ring (bicyclic) bond motifs is 1. The number of ether oxygens (including phenoxy) is 3. The van der Waals surface area contributed by atoms with Gasteiger partial charge in [0.25, 0.3) is 5.56 Å². The van der Waals surface area contributed by atoms with E-state index in [1.807, 2.05) is 18.2 Å². The van der Waals surface area contributed by atoms with Crippen molar-refractivity contribution in [2.45, 2.75) is 33.7 Å². The molecule has 1 aliphatic rings. The quantitative estimate of drug-likeness (QED) is 0.389. The van der Waals surface area contributed by atoms with Crippen molar-refractivity contribution >= 4 is 29.1 Å². The van der Waals surface area contributed by atoms with Crippen molar-refractivity contribution in [1.29, 1.82) is 0 Å². The molecule has 1 aliphatic heterocycles. The maximum atomic E-state index is 13.9. The molecule has 8 nitrogen and oxygen atoms in total. The molecule has 3 aromatic rings. The lowest BCUT2D eigenvalue weighted by molar-refractivity contribution is -0.139. The summed E-state index contributed by atoms with van der Waals surface area (Å²) in [6, 6.07) is 12.7. The highest BCUT2D eigenvalue weighted by Crippen LogP contribution is 2.37. The van der Waals surface area contributed by atoms with Crippen molar-refractivity contribution in [3.05, 3.63) is 84.5 Å². The van der Waals surface area contributed by atoms with Gasteiger partial charge in [-0.3, -0.25) is 9.36 Å². The van der Waals surface area contributed by atoms with Gasteiger partial charge in [-0.05, 0) is 69.7 Å². The second-order valence-electron chi connectivity index (χ2n) is 8.67. The number of methoxy groups -OCH3 is 2. The number of carbonyl (C=O) groups is 1. The van der Waals surface area contributed by atoms with Crippen LogP contribution in [0.5, 0.6) is 11.5 Å². The molecule has 4 rings (SSSR count). The third kappa shape index (κ3) is 5.11. The Morgan fingerprint density at radius 3 is 2.39 bits per heavy atom. The molecule has 0 fully saturated rings. The van der Waals surface area contributed by atoms with Gasteiger partial charge in [0, 0.05) is 24.3 Å². The zero-order valence-corrected chi connectivity index (χ0v) is 23.4. The topological polar surface area (TPSA) is 82.4 Å². The maximum Gasteiger partial charge on any atom is 0.338 e. The highest BCUT2D eigenvalue weighted by molar-refractivity contribution is 7.07. The van der Waals surface area contributed by atoms with E-state index in [9.17, 15) is 9.59 Å². The monoisotopic (exact) mass is 535 g/mol. The number of thiazole rings is 1. The van der Waals surface area contributed by atoms with Crippen molar-refractivity contribution in [3.8, 4) is 11.5 Å². The van der Waals surface area contributed by atoms with Crippen molar-refractivity contribution < 1.29 is 19.0 Å². The summed E-state index contributed by atoms with van der Waals surface area (Å²) < 4.78 is 18.6. The van der Waals surface area contributed by atoms with Crippen LogP contribution in [-0.2, 0) is 9.53 Å². The summed E-state index contributed by atoms with van der Waals surface area (Å²) in [4.78, 5) is 34.5. The Morgan fingerprint density at radius 2 is 1.79 bits per heavy atom. The van der Waals surface area contributed by atoms with Crippen LogP contribution in [0.1, 0.15) is 44.9 Å². The van der Waals surface area contributed by atoms with E-state index in [0.29, 0.717) is 37.7 Å². The van der Waals surface area contributed by atoms with E-state index in [0.717, 1.165) is 24.3 Å². The van der Waals surface area contributed by atoms with E-state index in [1.165, 1.54) is 11.3 Å². The van der Waals surface area contributed by atoms with Gasteiger partial charge in [-0.1, -0.05) is 23.5 Å². The first-order valence-electron chi connectivity index (χ1n) is 12.6. The summed E-state index contributed by atoms with van der Waals surface area (Å²) in [5, 5.41) is 0. The number of aromatic nitrogens is 1. The first-order chi connectivity index (χ1) is 18.4. The summed E-state index contributed by atoms with van der Waals surface area (Å²) in [5.41, 5.74) is 3.19. The summed E-state index contributed by atoms with van der Waals surface area (Å²) in [5.74, 6) is 0.577. The highest BCUT2D eigenvalue weighted by atomic mass is 32.1. The second kappa shape index (κ2) is 11.7. The smallest absolute Gasteiger partial charge is 0.338 e. The van der Waals surface area contributed by atoms with E-state index < -0.39 is 12.0 Å². The third-order valence-corrected chi connectivity index (χ3v) is 7.55. The number of allylic oxidation sites excluding steroid dienone is 1. The van der Waals surface area contributed by atoms with Crippen LogP contribution in [0.2, 0.25) is 0 Å². The molecule has 0 bridgehead atoms. The molecule has 2 aromatic carbocycles. The fraction of sp³-hybridized carbons (Fsp3) is 0.345. The molecule has 0 amide bonds.